The summed E-state index contributed by atoms with van der Waals surface area (Å²) in [6.45, 7) is 6.82. The number of rotatable bonds is 8. The van der Waals surface area contributed by atoms with Gasteiger partial charge < -0.3 is 0 Å². The standard InChI is InChI=1S/C26H30N2S/c1-5-21-13-9-10-16-23(21)26(2,3)19-20-27-28(4)24-17-11-12-18-25(24)29-22-14-7-6-8-15-22/h6-18,20H,5,19H2,1-4H3/b27-20+. The van der Waals surface area contributed by atoms with Crippen LogP contribution in [0, 0.1) is 0 Å². The molecule has 0 bridgehead atoms. The normalized spacial score (nSPS) is 11.7. The third kappa shape index (κ3) is 5.51. The smallest absolute Gasteiger partial charge is 0.0729 e. The first-order valence-electron chi connectivity index (χ1n) is 10.2. The van der Waals surface area contributed by atoms with Crippen LogP contribution in [0.3, 0.4) is 0 Å². The third-order valence-corrected chi connectivity index (χ3v) is 6.24. The minimum Gasteiger partial charge on any atom is -0.268 e. The lowest BCUT2D eigenvalue weighted by Crippen LogP contribution is -2.20. The highest BCUT2D eigenvalue weighted by molar-refractivity contribution is 7.99. The van der Waals surface area contributed by atoms with Gasteiger partial charge in [0.2, 0.25) is 0 Å². The molecule has 3 rings (SSSR count). The third-order valence-electron chi connectivity index (χ3n) is 5.17. The van der Waals surface area contributed by atoms with Crippen LogP contribution in [0.2, 0.25) is 0 Å². The molecular weight excluding hydrogens is 372 g/mol. The molecule has 3 aromatic rings. The SMILES string of the molecule is CCc1ccccc1C(C)(C)C/C=N/N(C)c1ccccc1Sc1ccccc1. The first-order valence-corrected chi connectivity index (χ1v) is 11.0. The zero-order valence-corrected chi connectivity index (χ0v) is 18.6. The molecule has 0 saturated carbocycles. The Labute approximate surface area is 179 Å². The molecular formula is C26H30N2S. The Bertz CT molecular complexity index is 948. The number of benzene rings is 3. The summed E-state index contributed by atoms with van der Waals surface area (Å²) in [5.74, 6) is 0. The van der Waals surface area contributed by atoms with Crippen LogP contribution in [-0.4, -0.2) is 13.3 Å². The Morgan fingerprint density at radius 1 is 0.897 bits per heavy atom. The largest absolute Gasteiger partial charge is 0.268 e. The van der Waals surface area contributed by atoms with Gasteiger partial charge in [0.25, 0.3) is 0 Å². The molecule has 0 aliphatic rings. The van der Waals surface area contributed by atoms with Crippen LogP contribution in [0.4, 0.5) is 5.69 Å². The molecule has 0 aliphatic carbocycles. The molecule has 0 amide bonds. The average Bonchev–Trinajstić information content (AvgIpc) is 2.74. The van der Waals surface area contributed by atoms with Crippen LogP contribution in [0.25, 0.3) is 0 Å². The van der Waals surface area contributed by atoms with E-state index in [4.69, 9.17) is 5.10 Å². The zero-order chi connectivity index (χ0) is 20.7. The van der Waals surface area contributed by atoms with Crippen LogP contribution in [-0.2, 0) is 11.8 Å². The number of anilines is 1. The van der Waals surface area contributed by atoms with E-state index in [0.717, 1.165) is 18.5 Å². The molecule has 3 aromatic carbocycles. The maximum absolute atomic E-state index is 4.76. The van der Waals surface area contributed by atoms with Crippen LogP contribution < -0.4 is 5.01 Å². The fourth-order valence-corrected chi connectivity index (χ4v) is 4.48. The Kier molecular flexibility index (Phi) is 7.16. The van der Waals surface area contributed by atoms with E-state index in [1.165, 1.54) is 20.9 Å². The molecule has 0 fully saturated rings. The van der Waals surface area contributed by atoms with E-state index < -0.39 is 0 Å². The Hall–Kier alpha value is -2.52. The second-order valence-electron chi connectivity index (χ2n) is 7.80. The highest BCUT2D eigenvalue weighted by Gasteiger charge is 2.21. The van der Waals surface area contributed by atoms with Crippen LogP contribution in [0.15, 0.2) is 93.8 Å². The molecule has 0 aromatic heterocycles. The first-order chi connectivity index (χ1) is 14.0. The Balaban J connectivity index is 1.73. The van der Waals surface area contributed by atoms with Crippen molar-refractivity contribution in [3.8, 4) is 0 Å². The molecule has 0 aliphatic heterocycles. The van der Waals surface area contributed by atoms with Gasteiger partial charge in [0.1, 0.15) is 0 Å². The van der Waals surface area contributed by atoms with Crippen molar-refractivity contribution in [2.75, 3.05) is 12.1 Å². The van der Waals surface area contributed by atoms with Gasteiger partial charge in [-0.3, -0.25) is 5.01 Å². The molecule has 0 heterocycles. The van der Waals surface area contributed by atoms with Crippen LogP contribution in [0.5, 0.6) is 0 Å². The molecule has 0 saturated heterocycles. The minimum absolute atomic E-state index is 0.0508. The van der Waals surface area contributed by atoms with Gasteiger partial charge in [-0.2, -0.15) is 5.10 Å². The highest BCUT2D eigenvalue weighted by atomic mass is 32.2. The summed E-state index contributed by atoms with van der Waals surface area (Å²) in [5.41, 5.74) is 4.00. The van der Waals surface area contributed by atoms with Gasteiger partial charge in [-0.25, -0.2) is 0 Å². The summed E-state index contributed by atoms with van der Waals surface area (Å²) < 4.78 is 0. The molecule has 0 unspecified atom stereocenters. The number of hydrazone groups is 1. The minimum atomic E-state index is 0.0508. The maximum Gasteiger partial charge on any atom is 0.0729 e. The summed E-state index contributed by atoms with van der Waals surface area (Å²) in [6, 6.07) is 27.6. The van der Waals surface area contributed by atoms with Crippen LogP contribution >= 0.6 is 11.8 Å². The molecule has 0 atom stereocenters. The maximum atomic E-state index is 4.76. The van der Waals surface area contributed by atoms with Gasteiger partial charge in [0, 0.05) is 23.1 Å². The highest BCUT2D eigenvalue weighted by Crippen LogP contribution is 2.35. The van der Waals surface area contributed by atoms with Crippen molar-refractivity contribution in [3.05, 3.63) is 90.0 Å². The predicted molar refractivity (Wildman–Crippen MR) is 127 cm³/mol. The summed E-state index contributed by atoms with van der Waals surface area (Å²) >= 11 is 1.77. The molecule has 150 valence electrons. The van der Waals surface area contributed by atoms with Gasteiger partial charge in [0.05, 0.1) is 5.69 Å². The van der Waals surface area contributed by atoms with Crippen LogP contribution in [0.1, 0.15) is 38.3 Å². The van der Waals surface area contributed by atoms with E-state index in [9.17, 15) is 0 Å². The van der Waals surface area contributed by atoms with E-state index in [2.05, 4.69) is 99.8 Å². The fourth-order valence-electron chi connectivity index (χ4n) is 3.48. The zero-order valence-electron chi connectivity index (χ0n) is 17.8. The van der Waals surface area contributed by atoms with Crippen molar-refractivity contribution >= 4 is 23.7 Å². The van der Waals surface area contributed by atoms with Crippen molar-refractivity contribution in [2.24, 2.45) is 5.10 Å². The summed E-state index contributed by atoms with van der Waals surface area (Å²) in [7, 11) is 2.02. The van der Waals surface area contributed by atoms with Crippen molar-refractivity contribution < 1.29 is 0 Å². The Morgan fingerprint density at radius 3 is 2.31 bits per heavy atom. The lowest BCUT2D eigenvalue weighted by Gasteiger charge is -2.26. The summed E-state index contributed by atoms with van der Waals surface area (Å²) in [4.78, 5) is 2.43. The van der Waals surface area contributed by atoms with E-state index in [0.29, 0.717) is 0 Å². The molecule has 0 radical (unpaired) electrons. The summed E-state index contributed by atoms with van der Waals surface area (Å²) in [6.07, 6.45) is 4.00. The van der Waals surface area contributed by atoms with Gasteiger partial charge in [-0.05, 0) is 53.6 Å². The molecule has 0 N–H and O–H groups in total. The second-order valence-corrected chi connectivity index (χ2v) is 8.92. The van der Waals surface area contributed by atoms with Gasteiger partial charge in [-0.1, -0.05) is 87.1 Å². The van der Waals surface area contributed by atoms with Crippen molar-refractivity contribution in [1.82, 2.24) is 0 Å². The lowest BCUT2D eigenvalue weighted by atomic mass is 9.79. The molecule has 0 spiro atoms. The van der Waals surface area contributed by atoms with Gasteiger partial charge in [-0.15, -0.1) is 0 Å². The quantitative estimate of drug-likeness (QED) is 0.293. The molecule has 29 heavy (non-hydrogen) atoms. The first kappa shape index (κ1) is 21.2. The topological polar surface area (TPSA) is 15.6 Å². The van der Waals surface area contributed by atoms with Crippen molar-refractivity contribution in [1.29, 1.82) is 0 Å². The number of aryl methyl sites for hydroxylation is 1. The van der Waals surface area contributed by atoms with Crippen molar-refractivity contribution in [3.63, 3.8) is 0 Å². The monoisotopic (exact) mass is 402 g/mol. The van der Waals surface area contributed by atoms with Crippen molar-refractivity contribution in [2.45, 2.75) is 48.8 Å². The number of nitrogens with zero attached hydrogens (tertiary/aromatic N) is 2. The fraction of sp³-hybridized carbons (Fsp3) is 0.269. The van der Waals surface area contributed by atoms with E-state index in [1.807, 2.05) is 18.1 Å². The van der Waals surface area contributed by atoms with E-state index >= 15 is 0 Å². The summed E-state index contributed by atoms with van der Waals surface area (Å²) in [5, 5.41) is 6.74. The lowest BCUT2D eigenvalue weighted by molar-refractivity contribution is 0.547. The Morgan fingerprint density at radius 2 is 1.55 bits per heavy atom. The number of hydrogen-bond donors (Lipinski definition) is 0. The van der Waals surface area contributed by atoms with Gasteiger partial charge in [0.15, 0.2) is 0 Å². The average molecular weight is 403 g/mol. The predicted octanol–water partition coefficient (Wildman–Crippen LogP) is 7.19. The number of hydrogen-bond acceptors (Lipinski definition) is 3. The van der Waals surface area contributed by atoms with E-state index in [1.54, 1.807) is 11.8 Å². The molecule has 2 nitrogen and oxygen atoms in total. The number of para-hydroxylation sites is 1. The van der Waals surface area contributed by atoms with Gasteiger partial charge >= 0.3 is 0 Å². The molecule has 3 heteroatoms. The van der Waals surface area contributed by atoms with E-state index in [-0.39, 0.29) is 5.41 Å². The second kappa shape index (κ2) is 9.80.